The van der Waals surface area contributed by atoms with Crippen molar-refractivity contribution in [3.8, 4) is 0 Å². The van der Waals surface area contributed by atoms with Gasteiger partial charge in [-0.2, -0.15) is 0 Å². The van der Waals surface area contributed by atoms with Crippen molar-refractivity contribution in [3.63, 3.8) is 0 Å². The molecule has 9 heavy (non-hydrogen) atoms. The summed E-state index contributed by atoms with van der Waals surface area (Å²) >= 11 is 0. The first kappa shape index (κ1) is 8.84. The summed E-state index contributed by atoms with van der Waals surface area (Å²) in [6.45, 7) is 0.351. The van der Waals surface area contributed by atoms with Gasteiger partial charge in [0, 0.05) is 0 Å². The maximum absolute atomic E-state index is 8.71. The highest BCUT2D eigenvalue weighted by Crippen LogP contribution is 1.88. The maximum atomic E-state index is 8.71. The molecular weight excluding hydrogens is 122 g/mol. The highest BCUT2D eigenvalue weighted by molar-refractivity contribution is 4.49. The van der Waals surface area contributed by atoms with Gasteiger partial charge >= 0.3 is 0 Å². The van der Waals surface area contributed by atoms with Crippen LogP contribution in [-0.2, 0) is 4.74 Å². The van der Waals surface area contributed by atoms with Crippen molar-refractivity contribution in [3.05, 3.63) is 0 Å². The Morgan fingerprint density at radius 1 is 1.56 bits per heavy atom. The average molecular weight is 135 g/mol. The highest BCUT2D eigenvalue weighted by Gasteiger charge is 1.99. The first-order chi connectivity index (χ1) is 4.31. The third kappa shape index (κ3) is 5.72. The lowest BCUT2D eigenvalue weighted by Gasteiger charge is -2.04. The van der Waals surface area contributed by atoms with Crippen LogP contribution in [0.1, 0.15) is 6.42 Å². The van der Waals surface area contributed by atoms with Crippen LogP contribution >= 0.6 is 0 Å². The summed E-state index contributed by atoms with van der Waals surface area (Å²) in [7, 11) is 0. The highest BCUT2D eigenvalue weighted by atomic mass is 16.5. The molecule has 0 saturated carbocycles. The van der Waals surface area contributed by atoms with Crippen LogP contribution in [0.2, 0.25) is 0 Å². The lowest BCUT2D eigenvalue weighted by atomic mass is 10.3. The molecule has 0 aromatic rings. The lowest BCUT2D eigenvalue weighted by Crippen LogP contribution is -2.16. The van der Waals surface area contributed by atoms with E-state index >= 15 is 0 Å². The van der Waals surface area contributed by atoms with Crippen LogP contribution in [0.5, 0.6) is 0 Å². The fourth-order valence-electron chi connectivity index (χ4n) is 0.394. The smallest absolute Gasteiger partial charge is 0.0940 e. The van der Waals surface area contributed by atoms with Crippen LogP contribution in [0.15, 0.2) is 0 Å². The van der Waals surface area contributed by atoms with Gasteiger partial charge < -0.3 is 20.7 Å². The van der Waals surface area contributed by atoms with Crippen LogP contribution in [0.4, 0.5) is 0 Å². The number of aliphatic hydroxyl groups is 2. The van der Waals surface area contributed by atoms with Gasteiger partial charge in [-0.25, -0.2) is 0 Å². The summed E-state index contributed by atoms with van der Waals surface area (Å²) in [6, 6.07) is 0. The molecule has 0 aromatic heterocycles. The fourth-order valence-corrected chi connectivity index (χ4v) is 0.394. The van der Waals surface area contributed by atoms with E-state index in [0.717, 1.165) is 0 Å². The molecule has 0 bridgehead atoms. The van der Waals surface area contributed by atoms with Gasteiger partial charge in [0.15, 0.2) is 0 Å². The molecule has 4 N–H and O–H groups in total. The molecule has 0 aliphatic carbocycles. The van der Waals surface area contributed by atoms with Crippen molar-refractivity contribution in [2.24, 2.45) is 5.73 Å². The molecule has 0 spiro atoms. The van der Waals surface area contributed by atoms with Crippen LogP contribution in [0, 0.1) is 0 Å². The normalized spacial score (nSPS) is 13.7. The Bertz CT molecular complexity index is 60.2. The SMILES string of the molecule is NCOCCC(O)CO. The predicted molar refractivity (Wildman–Crippen MR) is 32.7 cm³/mol. The Labute approximate surface area is 54.2 Å². The molecule has 0 rings (SSSR count). The molecule has 1 atom stereocenters. The van der Waals surface area contributed by atoms with E-state index in [0.29, 0.717) is 13.0 Å². The molecule has 1 unspecified atom stereocenters. The molecule has 0 aliphatic heterocycles. The predicted octanol–water partition coefficient (Wildman–Crippen LogP) is -1.34. The molecule has 0 aromatic carbocycles. The van der Waals surface area contributed by atoms with E-state index in [-0.39, 0.29) is 13.3 Å². The third-order valence-electron chi connectivity index (χ3n) is 0.924. The molecule has 0 aliphatic rings. The van der Waals surface area contributed by atoms with E-state index in [4.69, 9.17) is 20.7 Å². The largest absolute Gasteiger partial charge is 0.394 e. The molecule has 0 amide bonds. The van der Waals surface area contributed by atoms with Gasteiger partial charge in [-0.3, -0.25) is 0 Å². The standard InChI is InChI=1S/C5H13NO3/c6-4-9-2-1-5(8)3-7/h5,7-8H,1-4,6H2. The zero-order chi connectivity index (χ0) is 7.11. The van der Waals surface area contributed by atoms with Gasteiger partial charge in [0.2, 0.25) is 0 Å². The summed E-state index contributed by atoms with van der Waals surface area (Å²) in [4.78, 5) is 0. The average Bonchev–Trinajstić information content (AvgIpc) is 1.89. The number of hydrogen-bond acceptors (Lipinski definition) is 4. The molecule has 4 heteroatoms. The van der Waals surface area contributed by atoms with Crippen molar-refractivity contribution in [1.82, 2.24) is 0 Å². The Morgan fingerprint density at radius 3 is 2.67 bits per heavy atom. The summed E-state index contributed by atoms with van der Waals surface area (Å²) in [6.07, 6.45) is -0.232. The molecule has 0 fully saturated rings. The first-order valence-corrected chi connectivity index (χ1v) is 2.88. The monoisotopic (exact) mass is 135 g/mol. The minimum Gasteiger partial charge on any atom is -0.394 e. The third-order valence-corrected chi connectivity index (χ3v) is 0.924. The Hall–Kier alpha value is -0.160. The van der Waals surface area contributed by atoms with Gasteiger partial charge in [-0.05, 0) is 6.42 Å². The molecule has 56 valence electrons. The quantitative estimate of drug-likeness (QED) is 0.322. The van der Waals surface area contributed by atoms with Gasteiger partial charge in [0.1, 0.15) is 0 Å². The van der Waals surface area contributed by atoms with E-state index in [2.05, 4.69) is 0 Å². The zero-order valence-electron chi connectivity index (χ0n) is 5.29. The second kappa shape index (κ2) is 5.97. The molecule has 4 nitrogen and oxygen atoms in total. The van der Waals surface area contributed by atoms with Crippen molar-refractivity contribution < 1.29 is 14.9 Å². The van der Waals surface area contributed by atoms with E-state index < -0.39 is 6.10 Å². The van der Waals surface area contributed by atoms with Gasteiger partial charge in [0.25, 0.3) is 0 Å². The number of ether oxygens (including phenoxy) is 1. The van der Waals surface area contributed by atoms with Crippen LogP contribution in [0.3, 0.4) is 0 Å². The minimum absolute atomic E-state index is 0.165. The second-order valence-corrected chi connectivity index (χ2v) is 1.70. The fraction of sp³-hybridized carbons (Fsp3) is 1.00. The second-order valence-electron chi connectivity index (χ2n) is 1.70. The number of nitrogens with two attached hydrogens (primary N) is 1. The Morgan fingerprint density at radius 2 is 2.22 bits per heavy atom. The van der Waals surface area contributed by atoms with E-state index in [9.17, 15) is 0 Å². The lowest BCUT2D eigenvalue weighted by molar-refractivity contribution is 0.0502. The first-order valence-electron chi connectivity index (χ1n) is 2.88. The summed E-state index contributed by atoms with van der Waals surface area (Å²) in [5.41, 5.74) is 4.99. The number of rotatable bonds is 5. The molecule has 0 radical (unpaired) electrons. The van der Waals surface area contributed by atoms with Crippen molar-refractivity contribution in [2.75, 3.05) is 19.9 Å². The molecule has 0 heterocycles. The minimum atomic E-state index is -0.670. The summed E-state index contributed by atoms with van der Waals surface area (Å²) in [5.74, 6) is 0. The van der Waals surface area contributed by atoms with Crippen molar-refractivity contribution in [2.45, 2.75) is 12.5 Å². The van der Waals surface area contributed by atoms with Gasteiger partial charge in [0.05, 0.1) is 26.0 Å². The molecule has 0 saturated heterocycles. The number of hydrogen-bond donors (Lipinski definition) is 3. The van der Waals surface area contributed by atoms with Crippen LogP contribution in [-0.4, -0.2) is 36.3 Å². The number of aliphatic hydroxyl groups excluding tert-OH is 2. The molecular formula is C5H13NO3. The van der Waals surface area contributed by atoms with Gasteiger partial charge in [-0.1, -0.05) is 0 Å². The Balaban J connectivity index is 2.88. The topological polar surface area (TPSA) is 75.7 Å². The van der Waals surface area contributed by atoms with E-state index in [1.165, 1.54) is 0 Å². The van der Waals surface area contributed by atoms with E-state index in [1.807, 2.05) is 0 Å². The van der Waals surface area contributed by atoms with Crippen LogP contribution < -0.4 is 5.73 Å². The van der Waals surface area contributed by atoms with E-state index in [1.54, 1.807) is 0 Å². The maximum Gasteiger partial charge on any atom is 0.0940 e. The zero-order valence-corrected chi connectivity index (χ0v) is 5.29. The van der Waals surface area contributed by atoms with Gasteiger partial charge in [-0.15, -0.1) is 0 Å². The van der Waals surface area contributed by atoms with Crippen molar-refractivity contribution in [1.29, 1.82) is 0 Å². The van der Waals surface area contributed by atoms with Crippen LogP contribution in [0.25, 0.3) is 0 Å². The summed E-state index contributed by atoms with van der Waals surface area (Å²) in [5, 5.41) is 17.0. The Kier molecular flexibility index (Phi) is 5.86. The summed E-state index contributed by atoms with van der Waals surface area (Å²) < 4.78 is 4.71. The van der Waals surface area contributed by atoms with Crippen molar-refractivity contribution >= 4 is 0 Å².